The molecule has 0 spiro atoms. The Morgan fingerprint density at radius 2 is 1.64 bits per heavy atom. The molecule has 36 heavy (non-hydrogen) atoms. The minimum atomic E-state index is -0.923. The minimum absolute atomic E-state index is 0.118. The third-order valence-electron chi connectivity index (χ3n) is 4.77. The molecule has 0 atom stereocenters. The second-order valence-electron chi connectivity index (χ2n) is 7.65. The van der Waals surface area contributed by atoms with Crippen molar-refractivity contribution in [1.82, 2.24) is 9.21 Å². The molecule has 3 aromatic carbocycles. The van der Waals surface area contributed by atoms with Crippen molar-refractivity contribution in [3.05, 3.63) is 89.0 Å². The van der Waals surface area contributed by atoms with E-state index in [1.54, 1.807) is 7.05 Å². The molecule has 3 aromatic rings. The molecule has 0 aliphatic heterocycles. The van der Waals surface area contributed by atoms with Crippen molar-refractivity contribution < 1.29 is 27.8 Å². The maximum atomic E-state index is 14.6. The van der Waals surface area contributed by atoms with Crippen LogP contribution in [-0.2, 0) is 16.1 Å². The number of hydrogen-bond donors (Lipinski definition) is 1. The smallest absolute Gasteiger partial charge is 0.409 e. The number of hydrogen-bond acceptors (Lipinski definition) is 6. The maximum Gasteiger partial charge on any atom is 0.409 e. The van der Waals surface area contributed by atoms with Crippen LogP contribution in [0.3, 0.4) is 0 Å². The minimum Gasteiger partial charge on any atom is -0.451 e. The second-order valence-corrected chi connectivity index (χ2v) is 9.26. The molecular weight excluding hydrogens is 512 g/mol. The van der Waals surface area contributed by atoms with Crippen LogP contribution in [0.5, 0.6) is 11.5 Å². The summed E-state index contributed by atoms with van der Waals surface area (Å²) in [6.07, 6.45) is -0.552. The topological polar surface area (TPSA) is 85.1 Å². The number of amides is 2. The van der Waals surface area contributed by atoms with Crippen LogP contribution in [0.15, 0.2) is 71.6 Å². The van der Waals surface area contributed by atoms with Crippen molar-refractivity contribution in [3.8, 4) is 11.5 Å². The lowest BCUT2D eigenvalue weighted by molar-refractivity contribution is -0.118. The molecule has 0 aliphatic rings. The van der Waals surface area contributed by atoms with Gasteiger partial charge in [0.2, 0.25) is 5.91 Å². The van der Waals surface area contributed by atoms with Gasteiger partial charge < -0.3 is 20.1 Å². The van der Waals surface area contributed by atoms with Crippen molar-refractivity contribution in [3.63, 3.8) is 0 Å². The van der Waals surface area contributed by atoms with Gasteiger partial charge in [-0.1, -0.05) is 41.9 Å². The summed E-state index contributed by atoms with van der Waals surface area (Å²) in [5.41, 5.74) is 6.17. The standard InChI is InChI=1S/C25H24ClF2N3O4S/c1-30(25(33)34-16-17-5-3-2-4-6-17)11-12-31(15-23(29)32)36-20-13-21(27)24(22(28)14-20)35-19-9-7-18(26)8-10-19/h2-10,13-14H,11-12,15-16H2,1H3,(H2,29,32). The van der Waals surface area contributed by atoms with Gasteiger partial charge in [-0.3, -0.25) is 4.79 Å². The zero-order chi connectivity index (χ0) is 26.1. The predicted molar refractivity (Wildman–Crippen MR) is 134 cm³/mol. The van der Waals surface area contributed by atoms with Crippen LogP contribution < -0.4 is 10.5 Å². The van der Waals surface area contributed by atoms with Gasteiger partial charge in [-0.25, -0.2) is 17.9 Å². The molecule has 0 bridgehead atoms. The fourth-order valence-corrected chi connectivity index (χ4v) is 4.07. The van der Waals surface area contributed by atoms with Crippen LogP contribution in [0.4, 0.5) is 13.6 Å². The molecule has 0 saturated heterocycles. The summed E-state index contributed by atoms with van der Waals surface area (Å²) in [5.74, 6) is -2.83. The van der Waals surface area contributed by atoms with Crippen LogP contribution in [0, 0.1) is 11.6 Å². The summed E-state index contributed by atoms with van der Waals surface area (Å²) in [7, 11) is 1.54. The number of nitrogens with two attached hydrogens (primary N) is 1. The van der Waals surface area contributed by atoms with E-state index in [1.165, 1.54) is 33.5 Å². The van der Waals surface area contributed by atoms with Gasteiger partial charge in [0, 0.05) is 30.1 Å². The van der Waals surface area contributed by atoms with Gasteiger partial charge in [0.1, 0.15) is 12.4 Å². The number of ether oxygens (including phenoxy) is 2. The van der Waals surface area contributed by atoms with E-state index in [2.05, 4.69) is 0 Å². The normalized spacial score (nSPS) is 10.8. The summed E-state index contributed by atoms with van der Waals surface area (Å²) in [6.45, 7) is 0.268. The van der Waals surface area contributed by atoms with Gasteiger partial charge in [0.25, 0.3) is 0 Å². The van der Waals surface area contributed by atoms with Crippen LogP contribution in [0.2, 0.25) is 5.02 Å². The van der Waals surface area contributed by atoms with E-state index in [1.807, 2.05) is 30.3 Å². The number of likely N-dealkylation sites (N-methyl/N-ethyl adjacent to an activating group) is 1. The second kappa shape index (κ2) is 13.1. The molecule has 0 aliphatic carbocycles. The quantitative estimate of drug-likeness (QED) is 0.328. The first kappa shape index (κ1) is 27.3. The molecule has 0 heterocycles. The third kappa shape index (κ3) is 8.40. The van der Waals surface area contributed by atoms with E-state index in [0.717, 1.165) is 29.6 Å². The Balaban J connectivity index is 1.60. The summed E-state index contributed by atoms with van der Waals surface area (Å²) >= 11 is 6.74. The molecule has 11 heteroatoms. The van der Waals surface area contributed by atoms with Gasteiger partial charge in [-0.15, -0.1) is 0 Å². The number of carbonyl (C=O) groups excluding carboxylic acids is 2. The maximum absolute atomic E-state index is 14.6. The van der Waals surface area contributed by atoms with Gasteiger partial charge in [-0.05, 0) is 53.9 Å². The SMILES string of the molecule is CN(CCN(CC(N)=O)Sc1cc(F)c(Oc2ccc(Cl)cc2)c(F)c1)C(=O)OCc1ccccc1. The van der Waals surface area contributed by atoms with E-state index >= 15 is 0 Å². The molecule has 190 valence electrons. The van der Waals surface area contributed by atoms with Crippen molar-refractivity contribution in [1.29, 1.82) is 0 Å². The lowest BCUT2D eigenvalue weighted by Crippen LogP contribution is -2.37. The summed E-state index contributed by atoms with van der Waals surface area (Å²) in [4.78, 5) is 25.3. The third-order valence-corrected chi connectivity index (χ3v) is 6.04. The lowest BCUT2D eigenvalue weighted by Gasteiger charge is -2.23. The highest BCUT2D eigenvalue weighted by molar-refractivity contribution is 7.97. The lowest BCUT2D eigenvalue weighted by atomic mass is 10.2. The Morgan fingerprint density at radius 3 is 2.25 bits per heavy atom. The highest BCUT2D eigenvalue weighted by Gasteiger charge is 2.19. The molecule has 0 aromatic heterocycles. The fraction of sp³-hybridized carbons (Fsp3) is 0.200. The molecule has 0 radical (unpaired) electrons. The average molecular weight is 536 g/mol. The number of carbonyl (C=O) groups is 2. The average Bonchev–Trinajstić information content (AvgIpc) is 2.84. The first-order valence-electron chi connectivity index (χ1n) is 10.8. The van der Waals surface area contributed by atoms with Gasteiger partial charge in [0.05, 0.1) is 6.54 Å². The van der Waals surface area contributed by atoms with E-state index in [9.17, 15) is 18.4 Å². The van der Waals surface area contributed by atoms with Gasteiger partial charge >= 0.3 is 6.09 Å². The van der Waals surface area contributed by atoms with Crippen molar-refractivity contribution in [2.45, 2.75) is 11.5 Å². The summed E-state index contributed by atoms with van der Waals surface area (Å²) < 4.78 is 41.4. The first-order chi connectivity index (χ1) is 17.2. The number of benzene rings is 3. The van der Waals surface area contributed by atoms with E-state index < -0.39 is 29.4 Å². The highest BCUT2D eigenvalue weighted by atomic mass is 35.5. The molecule has 7 nitrogen and oxygen atoms in total. The van der Waals surface area contributed by atoms with Crippen molar-refractivity contribution in [2.24, 2.45) is 5.73 Å². The van der Waals surface area contributed by atoms with Crippen molar-refractivity contribution in [2.75, 3.05) is 26.7 Å². The van der Waals surface area contributed by atoms with Gasteiger partial charge in [-0.2, -0.15) is 0 Å². The predicted octanol–water partition coefficient (Wildman–Crippen LogP) is 5.47. The molecule has 0 unspecified atom stereocenters. The highest BCUT2D eigenvalue weighted by Crippen LogP contribution is 2.33. The van der Waals surface area contributed by atoms with E-state index in [-0.39, 0.29) is 36.9 Å². The molecule has 3 rings (SSSR count). The molecule has 2 amide bonds. The largest absolute Gasteiger partial charge is 0.451 e. The van der Waals surface area contributed by atoms with Crippen LogP contribution in [-0.4, -0.2) is 47.9 Å². The number of halogens is 3. The molecule has 0 saturated carbocycles. The van der Waals surface area contributed by atoms with Gasteiger partial charge in [0.15, 0.2) is 17.4 Å². The Kier molecular flexibility index (Phi) is 9.92. The Morgan fingerprint density at radius 1 is 1.00 bits per heavy atom. The summed E-state index contributed by atoms with van der Waals surface area (Å²) in [5, 5.41) is 0.458. The van der Waals surface area contributed by atoms with Crippen molar-refractivity contribution >= 4 is 35.5 Å². The van der Waals surface area contributed by atoms with Crippen LogP contribution >= 0.6 is 23.5 Å². The fourth-order valence-electron chi connectivity index (χ4n) is 2.97. The van der Waals surface area contributed by atoms with Crippen LogP contribution in [0.25, 0.3) is 0 Å². The van der Waals surface area contributed by atoms with E-state index in [4.69, 9.17) is 26.8 Å². The first-order valence-corrected chi connectivity index (χ1v) is 11.9. The number of rotatable bonds is 11. The van der Waals surface area contributed by atoms with E-state index in [0.29, 0.717) is 5.02 Å². The number of primary amides is 1. The molecular formula is C25H24ClF2N3O4S. The molecule has 2 N–H and O–H groups in total. The Hall–Kier alpha value is -3.34. The van der Waals surface area contributed by atoms with Crippen LogP contribution in [0.1, 0.15) is 5.56 Å². The Bertz CT molecular complexity index is 1160. The number of nitrogens with zero attached hydrogens (tertiary/aromatic N) is 2. The Labute approximate surface area is 216 Å². The monoisotopic (exact) mass is 535 g/mol. The summed E-state index contributed by atoms with van der Waals surface area (Å²) in [6, 6.07) is 17.4. The zero-order valence-electron chi connectivity index (χ0n) is 19.3. The molecule has 0 fully saturated rings. The zero-order valence-corrected chi connectivity index (χ0v) is 20.9.